The van der Waals surface area contributed by atoms with Crippen molar-refractivity contribution in [3.8, 4) is 5.88 Å². The van der Waals surface area contributed by atoms with E-state index < -0.39 is 23.8 Å². The first-order valence-corrected chi connectivity index (χ1v) is 9.42. The molecule has 3 rings (SSSR count). The van der Waals surface area contributed by atoms with Crippen LogP contribution in [0.3, 0.4) is 0 Å². The van der Waals surface area contributed by atoms with Gasteiger partial charge >= 0.3 is 5.69 Å². The summed E-state index contributed by atoms with van der Waals surface area (Å²) >= 11 is 0. The molecular formula is C20H23N5O6. The van der Waals surface area contributed by atoms with E-state index in [0.717, 1.165) is 10.1 Å². The highest BCUT2D eigenvalue weighted by Crippen LogP contribution is 2.20. The van der Waals surface area contributed by atoms with Crippen molar-refractivity contribution in [1.29, 1.82) is 0 Å². The molecule has 0 unspecified atom stereocenters. The van der Waals surface area contributed by atoms with Gasteiger partial charge in [-0.3, -0.25) is 24.0 Å². The molecule has 164 valence electrons. The Morgan fingerprint density at radius 1 is 1.29 bits per heavy atom. The monoisotopic (exact) mass is 429 g/mol. The number of anilines is 2. The maximum atomic E-state index is 13.1. The third-order valence-corrected chi connectivity index (χ3v) is 4.44. The molecule has 0 aliphatic rings. The Morgan fingerprint density at radius 3 is 2.68 bits per heavy atom. The summed E-state index contributed by atoms with van der Waals surface area (Å²) in [7, 11) is 1.47. The smallest absolute Gasteiger partial charge is 0.330 e. The zero-order valence-corrected chi connectivity index (χ0v) is 17.2. The second kappa shape index (κ2) is 9.76. The SMILES string of the molecule is COCCn1c(N)c(N(Cc2ccccc2)C(=O)COc2cc(C)on2)c(=O)[nH]c1=O. The Bertz CT molecular complexity index is 1150. The number of rotatable bonds is 9. The largest absolute Gasteiger partial charge is 0.465 e. The molecule has 0 radical (unpaired) electrons. The Kier molecular flexibility index (Phi) is 6.88. The summed E-state index contributed by atoms with van der Waals surface area (Å²) in [5, 5.41) is 3.68. The number of hydrogen-bond donors (Lipinski definition) is 2. The molecule has 0 bridgehead atoms. The summed E-state index contributed by atoms with van der Waals surface area (Å²) in [5.41, 5.74) is 5.29. The Balaban J connectivity index is 1.98. The van der Waals surface area contributed by atoms with Gasteiger partial charge in [0.2, 0.25) is 0 Å². The van der Waals surface area contributed by atoms with Crippen LogP contribution in [0.4, 0.5) is 11.5 Å². The zero-order chi connectivity index (χ0) is 22.4. The van der Waals surface area contributed by atoms with Crippen molar-refractivity contribution in [2.24, 2.45) is 0 Å². The van der Waals surface area contributed by atoms with E-state index in [1.807, 2.05) is 6.07 Å². The Morgan fingerprint density at radius 2 is 2.03 bits per heavy atom. The minimum atomic E-state index is -0.780. The van der Waals surface area contributed by atoms with Crippen LogP contribution in [0.15, 0.2) is 50.5 Å². The average molecular weight is 429 g/mol. The fourth-order valence-electron chi connectivity index (χ4n) is 2.93. The Labute approximate surface area is 177 Å². The molecule has 0 fully saturated rings. The van der Waals surface area contributed by atoms with Gasteiger partial charge in [0.15, 0.2) is 12.3 Å². The number of nitrogens with zero attached hydrogens (tertiary/aromatic N) is 3. The topological polar surface area (TPSA) is 146 Å². The summed E-state index contributed by atoms with van der Waals surface area (Å²) < 4.78 is 16.4. The van der Waals surface area contributed by atoms with Crippen LogP contribution in [0.2, 0.25) is 0 Å². The molecule has 0 aliphatic heterocycles. The van der Waals surface area contributed by atoms with E-state index in [2.05, 4.69) is 10.1 Å². The van der Waals surface area contributed by atoms with E-state index in [1.54, 1.807) is 31.2 Å². The summed E-state index contributed by atoms with van der Waals surface area (Å²) in [6.07, 6.45) is 0. The van der Waals surface area contributed by atoms with Crippen LogP contribution in [0, 0.1) is 6.92 Å². The van der Waals surface area contributed by atoms with Gasteiger partial charge in [0.1, 0.15) is 11.6 Å². The van der Waals surface area contributed by atoms with E-state index in [1.165, 1.54) is 18.1 Å². The first-order chi connectivity index (χ1) is 14.9. The zero-order valence-electron chi connectivity index (χ0n) is 17.2. The molecule has 0 atom stereocenters. The van der Waals surface area contributed by atoms with Gasteiger partial charge in [-0.15, -0.1) is 0 Å². The molecule has 11 heteroatoms. The number of amides is 1. The molecule has 11 nitrogen and oxygen atoms in total. The summed E-state index contributed by atoms with van der Waals surface area (Å²) in [5.74, 6) is -0.0436. The van der Waals surface area contributed by atoms with Gasteiger partial charge in [0.25, 0.3) is 17.3 Å². The van der Waals surface area contributed by atoms with Crippen molar-refractivity contribution in [3.05, 3.63) is 68.6 Å². The number of benzene rings is 1. The first kappa shape index (κ1) is 21.8. The molecular weight excluding hydrogens is 406 g/mol. The van der Waals surface area contributed by atoms with Crippen LogP contribution in [-0.4, -0.2) is 40.9 Å². The number of methoxy groups -OCH3 is 1. The lowest BCUT2D eigenvalue weighted by Crippen LogP contribution is -2.42. The predicted molar refractivity (Wildman–Crippen MR) is 112 cm³/mol. The maximum Gasteiger partial charge on any atom is 0.330 e. The predicted octanol–water partition coefficient (Wildman–Crippen LogP) is 0.674. The molecule has 3 aromatic rings. The summed E-state index contributed by atoms with van der Waals surface area (Å²) in [6, 6.07) is 10.6. The number of nitrogens with two attached hydrogens (primary N) is 1. The molecule has 31 heavy (non-hydrogen) atoms. The highest BCUT2D eigenvalue weighted by atomic mass is 16.5. The van der Waals surface area contributed by atoms with Crippen LogP contribution < -0.4 is 26.6 Å². The number of aryl methyl sites for hydroxylation is 1. The van der Waals surface area contributed by atoms with Gasteiger partial charge in [0.05, 0.1) is 19.7 Å². The van der Waals surface area contributed by atoms with Gasteiger partial charge in [-0.25, -0.2) is 4.79 Å². The van der Waals surface area contributed by atoms with Crippen molar-refractivity contribution in [3.63, 3.8) is 0 Å². The van der Waals surface area contributed by atoms with E-state index in [9.17, 15) is 14.4 Å². The number of hydrogen-bond acceptors (Lipinski definition) is 8. The van der Waals surface area contributed by atoms with E-state index in [0.29, 0.717) is 5.76 Å². The normalized spacial score (nSPS) is 10.8. The summed E-state index contributed by atoms with van der Waals surface area (Å²) in [4.78, 5) is 41.3. The van der Waals surface area contributed by atoms with E-state index in [4.69, 9.17) is 19.7 Å². The molecule has 0 spiro atoms. The van der Waals surface area contributed by atoms with Gasteiger partial charge in [-0.2, -0.15) is 0 Å². The average Bonchev–Trinajstić information content (AvgIpc) is 3.17. The molecule has 0 aliphatic carbocycles. The second-order valence-corrected chi connectivity index (χ2v) is 6.67. The van der Waals surface area contributed by atoms with Crippen molar-refractivity contribution >= 4 is 17.4 Å². The lowest BCUT2D eigenvalue weighted by Gasteiger charge is -2.24. The molecule has 1 aromatic carbocycles. The molecule has 0 saturated carbocycles. The third kappa shape index (κ3) is 5.20. The second-order valence-electron chi connectivity index (χ2n) is 6.67. The number of ether oxygens (including phenoxy) is 2. The van der Waals surface area contributed by atoms with Crippen molar-refractivity contribution < 1.29 is 18.8 Å². The molecule has 2 heterocycles. The number of H-pyrrole nitrogens is 1. The number of aromatic nitrogens is 3. The fraction of sp³-hybridized carbons (Fsp3) is 0.300. The molecule has 1 amide bonds. The molecule has 3 N–H and O–H groups in total. The van der Waals surface area contributed by atoms with E-state index >= 15 is 0 Å². The molecule has 0 saturated heterocycles. The molecule has 2 aromatic heterocycles. The minimum Gasteiger partial charge on any atom is -0.465 e. The van der Waals surface area contributed by atoms with Gasteiger partial charge < -0.3 is 19.7 Å². The van der Waals surface area contributed by atoms with Crippen LogP contribution in [0.5, 0.6) is 5.88 Å². The number of nitrogens with one attached hydrogen (secondary N) is 1. The lowest BCUT2D eigenvalue weighted by atomic mass is 10.2. The highest BCUT2D eigenvalue weighted by Gasteiger charge is 2.25. The quantitative estimate of drug-likeness (QED) is 0.505. The highest BCUT2D eigenvalue weighted by molar-refractivity contribution is 5.96. The maximum absolute atomic E-state index is 13.1. The van der Waals surface area contributed by atoms with Crippen LogP contribution in [0.25, 0.3) is 0 Å². The van der Waals surface area contributed by atoms with Crippen molar-refractivity contribution in [1.82, 2.24) is 14.7 Å². The Hall–Kier alpha value is -3.86. The van der Waals surface area contributed by atoms with Crippen LogP contribution in [0.1, 0.15) is 11.3 Å². The third-order valence-electron chi connectivity index (χ3n) is 4.44. The summed E-state index contributed by atoms with van der Waals surface area (Å²) in [6.45, 7) is 1.60. The number of carbonyl (C=O) groups excluding carboxylic acids is 1. The number of carbonyl (C=O) groups is 1. The van der Waals surface area contributed by atoms with Gasteiger partial charge in [0, 0.05) is 13.2 Å². The van der Waals surface area contributed by atoms with E-state index in [-0.39, 0.29) is 37.1 Å². The van der Waals surface area contributed by atoms with Gasteiger partial charge in [-0.1, -0.05) is 30.3 Å². The lowest BCUT2D eigenvalue weighted by molar-refractivity contribution is -0.120. The minimum absolute atomic E-state index is 0.0383. The number of nitrogen functional groups attached to an aromatic ring is 1. The van der Waals surface area contributed by atoms with Gasteiger partial charge in [-0.05, 0) is 17.6 Å². The number of aromatic amines is 1. The first-order valence-electron chi connectivity index (χ1n) is 9.42. The van der Waals surface area contributed by atoms with Crippen LogP contribution in [-0.2, 0) is 22.6 Å². The van der Waals surface area contributed by atoms with Crippen LogP contribution >= 0.6 is 0 Å². The standard InChI is InChI=1S/C20H23N5O6/c1-13-10-15(23-31-13)30-12-16(26)25(11-14-6-4-3-5-7-14)17-18(21)24(8-9-29-2)20(28)22-19(17)27/h3-7,10H,8-9,11-12,21H2,1-2H3,(H,22,27,28). The fourth-order valence-corrected chi connectivity index (χ4v) is 2.93. The van der Waals surface area contributed by atoms with Crippen molar-refractivity contribution in [2.45, 2.75) is 20.0 Å². The van der Waals surface area contributed by atoms with Crippen molar-refractivity contribution in [2.75, 3.05) is 31.0 Å².